The molecule has 1 heterocycles. The monoisotopic (exact) mass is 320 g/mol. The summed E-state index contributed by atoms with van der Waals surface area (Å²) in [5, 5.41) is 46.4. The van der Waals surface area contributed by atoms with Crippen molar-refractivity contribution in [2.24, 2.45) is 5.92 Å². The molecule has 0 fully saturated rings. The minimum absolute atomic E-state index is 0.0258. The molecule has 5 N–H and O–H groups in total. The van der Waals surface area contributed by atoms with Crippen LogP contribution in [0.25, 0.3) is 0 Å². The van der Waals surface area contributed by atoms with E-state index in [0.717, 1.165) is 5.92 Å². The summed E-state index contributed by atoms with van der Waals surface area (Å²) < 4.78 is 0. The molecule has 122 valence electrons. The van der Waals surface area contributed by atoms with E-state index in [0.29, 0.717) is 5.25 Å². The van der Waals surface area contributed by atoms with Crippen LogP contribution in [0.15, 0.2) is 23.6 Å². The van der Waals surface area contributed by atoms with Gasteiger partial charge in [-0.25, -0.2) is 0 Å². The van der Waals surface area contributed by atoms with E-state index in [1.165, 1.54) is 0 Å². The van der Waals surface area contributed by atoms with Crippen molar-refractivity contribution < 1.29 is 30.3 Å². The summed E-state index contributed by atoms with van der Waals surface area (Å²) >= 11 is 1.90. The maximum atomic E-state index is 9.90. The van der Waals surface area contributed by atoms with Crippen LogP contribution in [0.4, 0.5) is 0 Å². The predicted octanol–water partition coefficient (Wildman–Crippen LogP) is -0.551. The van der Waals surface area contributed by atoms with Crippen LogP contribution in [-0.4, -0.2) is 68.1 Å². The van der Waals surface area contributed by atoms with Gasteiger partial charge in [-0.1, -0.05) is 32.1 Å². The van der Waals surface area contributed by atoms with Crippen LogP contribution in [0.3, 0.4) is 0 Å². The zero-order valence-corrected chi connectivity index (χ0v) is 12.9. The molecule has 0 aromatic heterocycles. The quantitative estimate of drug-likeness (QED) is 0.417. The predicted molar refractivity (Wildman–Crippen MR) is 81.7 cm³/mol. The van der Waals surface area contributed by atoms with Gasteiger partial charge in [-0.05, 0) is 11.3 Å². The Morgan fingerprint density at radius 3 is 2.10 bits per heavy atom. The van der Waals surface area contributed by atoms with Crippen LogP contribution < -0.4 is 0 Å². The lowest BCUT2D eigenvalue weighted by Gasteiger charge is -2.22. The van der Waals surface area contributed by atoms with Crippen molar-refractivity contribution >= 4 is 18.0 Å². The maximum Gasteiger partial charge on any atom is 0.151 e. The van der Waals surface area contributed by atoms with E-state index in [9.17, 15) is 4.79 Å². The number of carbonyl (C=O) groups is 1. The van der Waals surface area contributed by atoms with Gasteiger partial charge in [0.1, 0.15) is 24.4 Å². The smallest absolute Gasteiger partial charge is 0.151 e. The zero-order chi connectivity index (χ0) is 16.4. The first-order chi connectivity index (χ1) is 9.84. The Bertz CT molecular complexity index is 344. The highest BCUT2D eigenvalue weighted by molar-refractivity contribution is 8.02. The second-order valence-corrected chi connectivity index (χ2v) is 6.00. The normalized spacial score (nSPS) is 23.0. The molecule has 1 aliphatic rings. The van der Waals surface area contributed by atoms with Crippen LogP contribution in [0.2, 0.25) is 0 Å². The number of hydrogen-bond acceptors (Lipinski definition) is 7. The number of aliphatic hydroxyl groups excluding tert-OH is 5. The fourth-order valence-corrected chi connectivity index (χ4v) is 2.26. The van der Waals surface area contributed by atoms with E-state index in [1.54, 1.807) is 0 Å². The Hall–Kier alpha value is -0.700. The van der Waals surface area contributed by atoms with Gasteiger partial charge < -0.3 is 30.3 Å². The highest BCUT2D eigenvalue weighted by Crippen LogP contribution is 2.24. The van der Waals surface area contributed by atoms with Crippen molar-refractivity contribution in [3.05, 3.63) is 23.6 Å². The molecule has 6 nitrogen and oxygen atoms in total. The molecule has 0 spiro atoms. The number of hydrogen-bond donors (Lipinski definition) is 5. The molecule has 0 aromatic rings. The van der Waals surface area contributed by atoms with E-state index >= 15 is 0 Å². The molecule has 0 radical (unpaired) electrons. The molecule has 1 rings (SSSR count). The van der Waals surface area contributed by atoms with Crippen molar-refractivity contribution in [3.63, 3.8) is 0 Å². The number of carbonyl (C=O) groups excluding carboxylic acids is 1. The Morgan fingerprint density at radius 2 is 1.76 bits per heavy atom. The van der Waals surface area contributed by atoms with Gasteiger partial charge in [-0.2, -0.15) is 0 Å². The molecule has 21 heavy (non-hydrogen) atoms. The summed E-state index contributed by atoms with van der Waals surface area (Å²) in [7, 11) is 0. The number of thioether (sulfide) groups is 1. The van der Waals surface area contributed by atoms with Crippen LogP contribution in [0, 0.1) is 5.92 Å². The largest absolute Gasteiger partial charge is 0.394 e. The summed E-state index contributed by atoms with van der Waals surface area (Å²) in [6.07, 6.45) is -0.367. The Morgan fingerprint density at radius 1 is 1.14 bits per heavy atom. The second kappa shape index (κ2) is 10.9. The van der Waals surface area contributed by atoms with Crippen LogP contribution in [-0.2, 0) is 4.79 Å². The SMILES string of the molecule is CC(C)C1C=CC=CS1.O=CC(O)C(O)C(O)C(O)CO. The second-order valence-electron chi connectivity index (χ2n) is 4.92. The van der Waals surface area contributed by atoms with Crippen molar-refractivity contribution in [3.8, 4) is 0 Å². The van der Waals surface area contributed by atoms with Crippen LogP contribution in [0.5, 0.6) is 0 Å². The van der Waals surface area contributed by atoms with E-state index in [4.69, 9.17) is 25.5 Å². The minimum atomic E-state index is -1.79. The summed E-state index contributed by atoms with van der Waals surface area (Å²) in [6, 6.07) is 0. The van der Waals surface area contributed by atoms with E-state index in [1.807, 2.05) is 11.8 Å². The zero-order valence-electron chi connectivity index (χ0n) is 12.1. The van der Waals surface area contributed by atoms with E-state index in [2.05, 4.69) is 37.5 Å². The first kappa shape index (κ1) is 20.3. The van der Waals surface area contributed by atoms with Crippen molar-refractivity contribution in [2.75, 3.05) is 6.61 Å². The van der Waals surface area contributed by atoms with Gasteiger partial charge in [-0.3, -0.25) is 0 Å². The van der Waals surface area contributed by atoms with Gasteiger partial charge >= 0.3 is 0 Å². The van der Waals surface area contributed by atoms with Gasteiger partial charge in [-0.15, -0.1) is 11.8 Å². The van der Waals surface area contributed by atoms with E-state index in [-0.39, 0.29) is 6.29 Å². The first-order valence-electron chi connectivity index (χ1n) is 6.62. The Kier molecular flexibility index (Phi) is 10.6. The molecule has 0 saturated heterocycles. The fourth-order valence-electron chi connectivity index (χ4n) is 1.40. The average molecular weight is 320 g/mol. The average Bonchev–Trinajstić information content (AvgIpc) is 2.53. The molecule has 7 heteroatoms. The molecule has 0 saturated carbocycles. The molecule has 0 bridgehead atoms. The third-order valence-corrected chi connectivity index (χ3v) is 4.13. The lowest BCUT2D eigenvalue weighted by Crippen LogP contribution is -2.46. The molecule has 5 atom stereocenters. The molecule has 1 aliphatic heterocycles. The first-order valence-corrected chi connectivity index (χ1v) is 7.56. The summed E-state index contributed by atoms with van der Waals surface area (Å²) in [4.78, 5) is 9.90. The van der Waals surface area contributed by atoms with Gasteiger partial charge in [0.05, 0.1) is 6.61 Å². The summed E-state index contributed by atoms with van der Waals surface area (Å²) in [5.74, 6) is 0.760. The van der Waals surface area contributed by atoms with Gasteiger partial charge in [0.25, 0.3) is 0 Å². The third kappa shape index (κ3) is 7.75. The van der Waals surface area contributed by atoms with Crippen molar-refractivity contribution in [1.82, 2.24) is 0 Å². The van der Waals surface area contributed by atoms with Crippen LogP contribution in [0.1, 0.15) is 13.8 Å². The number of aldehydes is 1. The van der Waals surface area contributed by atoms with Crippen molar-refractivity contribution in [2.45, 2.75) is 43.5 Å². The van der Waals surface area contributed by atoms with Crippen molar-refractivity contribution in [1.29, 1.82) is 0 Å². The molecular weight excluding hydrogens is 296 g/mol. The number of aliphatic hydroxyl groups is 5. The highest BCUT2D eigenvalue weighted by atomic mass is 32.2. The fraction of sp³-hybridized carbons (Fsp3) is 0.643. The standard InChI is InChI=1S/C8H12S.C6H12O6/c1-7(2)8-5-3-4-6-9-8;7-1-3(9)5(11)6(12)4(10)2-8/h3-8H,1-2H3;1,3-6,8-12H,2H2. The maximum absolute atomic E-state index is 9.90. The van der Waals surface area contributed by atoms with E-state index < -0.39 is 31.0 Å². The number of allylic oxidation sites excluding steroid dienone is 2. The Balaban J connectivity index is 0.000000394. The Labute approximate surface area is 128 Å². The molecule has 0 amide bonds. The molecule has 0 aromatic carbocycles. The lowest BCUT2D eigenvalue weighted by molar-refractivity contribution is -0.136. The lowest BCUT2D eigenvalue weighted by atomic mass is 10.0. The van der Waals surface area contributed by atoms with Gasteiger partial charge in [0, 0.05) is 5.25 Å². The van der Waals surface area contributed by atoms with Gasteiger partial charge in [0.2, 0.25) is 0 Å². The van der Waals surface area contributed by atoms with Gasteiger partial charge in [0.15, 0.2) is 6.29 Å². The van der Waals surface area contributed by atoms with Crippen LogP contribution >= 0.6 is 11.8 Å². The number of rotatable bonds is 6. The molecular formula is C14H24O6S. The highest BCUT2D eigenvalue weighted by Gasteiger charge is 2.29. The molecule has 5 unspecified atom stereocenters. The summed E-state index contributed by atoms with van der Waals surface area (Å²) in [5.41, 5.74) is 0. The summed E-state index contributed by atoms with van der Waals surface area (Å²) in [6.45, 7) is 3.74. The molecule has 0 aliphatic carbocycles. The minimum Gasteiger partial charge on any atom is -0.394 e. The third-order valence-electron chi connectivity index (χ3n) is 2.80. The topological polar surface area (TPSA) is 118 Å².